The minimum atomic E-state index is -5.00. The van der Waals surface area contributed by atoms with E-state index >= 15 is 0 Å². The van der Waals surface area contributed by atoms with Crippen molar-refractivity contribution in [3.05, 3.63) is 109 Å². The maximum absolute atomic E-state index is 13.1. The number of aliphatic hydroxyl groups excluding tert-OH is 1. The van der Waals surface area contributed by atoms with E-state index in [1.807, 2.05) is 24.3 Å². The van der Waals surface area contributed by atoms with Crippen LogP contribution in [-0.4, -0.2) is 96.7 Å². The third kappa shape index (κ3) is 74.0. The first kappa shape index (κ1) is 97.7. The highest BCUT2D eigenvalue weighted by molar-refractivity contribution is 7.47. The summed E-state index contributed by atoms with van der Waals surface area (Å²) in [6, 6.07) is 0. The van der Waals surface area contributed by atoms with E-state index in [0.717, 1.165) is 122 Å². The lowest BCUT2D eigenvalue weighted by Crippen LogP contribution is -2.30. The van der Waals surface area contributed by atoms with Gasteiger partial charge in [0.15, 0.2) is 12.2 Å². The molecule has 0 heterocycles. The molecule has 5 atom stereocenters. The van der Waals surface area contributed by atoms with Crippen LogP contribution in [0.3, 0.4) is 0 Å². The number of phosphoric acid groups is 2. The first-order chi connectivity index (χ1) is 49.7. The predicted octanol–water partition coefficient (Wildman–Crippen LogP) is 23.3. The summed E-state index contributed by atoms with van der Waals surface area (Å²) in [6.07, 6.45) is 80.8. The largest absolute Gasteiger partial charge is 0.472 e. The lowest BCUT2D eigenvalue weighted by molar-refractivity contribution is -0.161. The normalized spacial score (nSPS) is 14.5. The Kier molecular flexibility index (Phi) is 71.8. The zero-order valence-electron chi connectivity index (χ0n) is 64.3. The van der Waals surface area contributed by atoms with Crippen molar-refractivity contribution < 1.29 is 80.2 Å². The van der Waals surface area contributed by atoms with E-state index < -0.39 is 97.5 Å². The summed E-state index contributed by atoms with van der Waals surface area (Å²) in [5.41, 5.74) is 0. The summed E-state index contributed by atoms with van der Waals surface area (Å²) in [7, 11) is -9.99. The highest BCUT2D eigenvalue weighted by Crippen LogP contribution is 2.45. The third-order valence-electron chi connectivity index (χ3n) is 16.7. The van der Waals surface area contributed by atoms with Gasteiger partial charge in [-0.25, -0.2) is 9.13 Å². The van der Waals surface area contributed by atoms with E-state index in [1.54, 1.807) is 0 Å². The molecule has 17 nitrogen and oxygen atoms in total. The van der Waals surface area contributed by atoms with Crippen LogP contribution in [0, 0.1) is 0 Å². The average molecular weight is 1480 g/mol. The Morgan fingerprint density at radius 1 is 0.275 bits per heavy atom. The fourth-order valence-corrected chi connectivity index (χ4v) is 12.1. The van der Waals surface area contributed by atoms with Gasteiger partial charge in [0.05, 0.1) is 26.4 Å². The molecule has 3 N–H and O–H groups in total. The summed E-state index contributed by atoms with van der Waals surface area (Å²) >= 11 is 0. The van der Waals surface area contributed by atoms with E-state index in [-0.39, 0.29) is 25.7 Å². The molecule has 19 heteroatoms. The SMILES string of the molecule is CCCCC/C=C\C/C=C\C/C=C\C/C=C\CCCC(=O)OC[C@H](COP(=O)(O)OC[C@@H](O)COP(=O)(O)OC[C@@H](COC(=O)CCCCCCCCCCCCCCC)OC(=O)CCCCCCCCC/C=C\CCCCCC)OC(=O)CCC/C=C\C/C=C\C/C=C\C/C=C\CCCCC. The maximum Gasteiger partial charge on any atom is 0.472 e. The quantitative estimate of drug-likeness (QED) is 0.0169. The number of carbonyl (C=O) groups is 4. The van der Waals surface area contributed by atoms with E-state index in [9.17, 15) is 43.2 Å². The Labute approximate surface area is 619 Å². The molecule has 2 unspecified atom stereocenters. The van der Waals surface area contributed by atoms with Crippen molar-refractivity contribution in [3.63, 3.8) is 0 Å². The second-order valence-electron chi connectivity index (χ2n) is 26.7. The van der Waals surface area contributed by atoms with E-state index in [1.165, 1.54) is 122 Å². The second kappa shape index (κ2) is 75.0. The molecule has 0 spiro atoms. The van der Waals surface area contributed by atoms with Crippen LogP contribution >= 0.6 is 15.6 Å². The molecule has 0 saturated heterocycles. The minimum absolute atomic E-state index is 0.00657. The fraction of sp³-hybridized carbons (Fsp3) is 0.735. The monoisotopic (exact) mass is 1470 g/mol. The van der Waals surface area contributed by atoms with Crippen LogP contribution in [0.2, 0.25) is 0 Å². The molecule has 0 aliphatic heterocycles. The van der Waals surface area contributed by atoms with Gasteiger partial charge in [-0.1, -0.05) is 291 Å². The van der Waals surface area contributed by atoms with Crippen molar-refractivity contribution in [1.29, 1.82) is 0 Å². The number of allylic oxidation sites excluding steroid dienone is 18. The van der Waals surface area contributed by atoms with Crippen molar-refractivity contribution in [2.24, 2.45) is 0 Å². The predicted molar refractivity (Wildman–Crippen MR) is 418 cm³/mol. The lowest BCUT2D eigenvalue weighted by Gasteiger charge is -2.21. The number of ether oxygens (including phenoxy) is 4. The maximum atomic E-state index is 13.1. The van der Waals surface area contributed by atoms with Crippen molar-refractivity contribution in [3.8, 4) is 0 Å². The molecule has 0 aromatic rings. The summed E-state index contributed by atoms with van der Waals surface area (Å²) in [5, 5.41) is 10.6. The number of phosphoric ester groups is 2. The van der Waals surface area contributed by atoms with Crippen molar-refractivity contribution in [1.82, 2.24) is 0 Å². The molecule has 0 aromatic heterocycles. The van der Waals surface area contributed by atoms with Crippen LogP contribution in [0.5, 0.6) is 0 Å². The number of carbonyl (C=O) groups excluding carboxylic acids is 4. The molecule has 588 valence electrons. The summed E-state index contributed by atoms with van der Waals surface area (Å²) in [4.78, 5) is 72.9. The third-order valence-corrected chi connectivity index (χ3v) is 18.6. The molecule has 0 aliphatic rings. The van der Waals surface area contributed by atoms with Crippen LogP contribution in [0.15, 0.2) is 109 Å². The molecule has 0 aliphatic carbocycles. The minimum Gasteiger partial charge on any atom is -0.462 e. The Balaban J connectivity index is 5.45. The second-order valence-corrected chi connectivity index (χ2v) is 29.6. The van der Waals surface area contributed by atoms with Gasteiger partial charge >= 0.3 is 39.5 Å². The van der Waals surface area contributed by atoms with Gasteiger partial charge in [0.25, 0.3) is 0 Å². The first-order valence-corrected chi connectivity index (χ1v) is 43.1. The molecule has 0 rings (SSSR count). The first-order valence-electron chi connectivity index (χ1n) is 40.1. The van der Waals surface area contributed by atoms with Crippen molar-refractivity contribution in [2.45, 2.75) is 354 Å². The number of unbranched alkanes of at least 4 members (excludes halogenated alkanes) is 31. The van der Waals surface area contributed by atoms with Crippen LogP contribution in [-0.2, 0) is 65.4 Å². The Morgan fingerprint density at radius 3 is 0.824 bits per heavy atom. The van der Waals surface area contributed by atoms with Crippen molar-refractivity contribution in [2.75, 3.05) is 39.6 Å². The number of rotatable bonds is 75. The van der Waals surface area contributed by atoms with Gasteiger partial charge in [-0.15, -0.1) is 0 Å². The van der Waals surface area contributed by atoms with Gasteiger partial charge < -0.3 is 33.8 Å². The Bertz CT molecular complexity index is 2360. The zero-order valence-corrected chi connectivity index (χ0v) is 66.0. The van der Waals surface area contributed by atoms with E-state index in [2.05, 4.69) is 113 Å². The molecule has 0 saturated carbocycles. The zero-order chi connectivity index (χ0) is 74.6. The van der Waals surface area contributed by atoms with Crippen molar-refractivity contribution >= 4 is 39.5 Å². The number of hydrogen-bond donors (Lipinski definition) is 3. The van der Waals surface area contributed by atoms with Gasteiger partial charge in [-0.2, -0.15) is 0 Å². The molecule has 0 aromatic carbocycles. The summed E-state index contributed by atoms with van der Waals surface area (Å²) < 4.78 is 68.5. The van der Waals surface area contributed by atoms with E-state index in [4.69, 9.17) is 37.0 Å². The van der Waals surface area contributed by atoms with E-state index in [0.29, 0.717) is 38.5 Å². The van der Waals surface area contributed by atoms with Crippen LogP contribution in [0.4, 0.5) is 0 Å². The number of hydrogen-bond acceptors (Lipinski definition) is 15. The summed E-state index contributed by atoms with van der Waals surface area (Å²) in [5.74, 6) is -2.30. The lowest BCUT2D eigenvalue weighted by atomic mass is 10.0. The molecule has 0 bridgehead atoms. The molecule has 0 fully saturated rings. The van der Waals surface area contributed by atoms with Crippen LogP contribution in [0.1, 0.15) is 336 Å². The Morgan fingerprint density at radius 2 is 0.490 bits per heavy atom. The standard InChI is InChI=1S/C83H144O17P2/c1-5-9-13-17-21-25-29-33-36-38-41-44-48-52-56-60-64-68-81(86)94-74-79(100-83(88)70-66-62-58-54-50-46-42-39-37-34-30-26-22-18-14-10-6-2)76-98-102(91,92)96-72-77(84)71-95-101(89,90)97-75-78(73-93-80(85)67-63-59-55-51-47-43-32-28-24-20-16-12-8-4)99-82(87)69-65-61-57-53-49-45-40-35-31-27-23-19-15-11-7-3/h21-22,25-27,31,33-34,36-37,41-42,44,46,52,54,56,58,77-79,84H,5-20,23-24,28-30,32,35,38-40,43,45,47-51,53,55,57,59-76H2,1-4H3,(H,89,90)(H,91,92)/b25-21-,26-22-,31-27-,36-33-,37-34-,44-41-,46-42-,56-52-,58-54-/t77-,78+,79+/m0/s1. The molecular weight excluding hydrogens is 1330 g/mol. The Hall–Kier alpha value is -4.28. The molecular formula is C83H144O17P2. The van der Waals surface area contributed by atoms with Gasteiger partial charge in [0.2, 0.25) is 0 Å². The van der Waals surface area contributed by atoms with Gasteiger partial charge in [0, 0.05) is 25.7 Å². The van der Waals surface area contributed by atoms with Gasteiger partial charge in [-0.05, 0) is 128 Å². The highest BCUT2D eigenvalue weighted by Gasteiger charge is 2.30. The number of aliphatic hydroxyl groups is 1. The fourth-order valence-electron chi connectivity index (χ4n) is 10.6. The summed E-state index contributed by atoms with van der Waals surface area (Å²) in [6.45, 7) is 4.71. The van der Waals surface area contributed by atoms with Crippen LogP contribution < -0.4 is 0 Å². The molecule has 0 amide bonds. The number of esters is 4. The molecule has 0 radical (unpaired) electrons. The topological polar surface area (TPSA) is 237 Å². The molecule has 102 heavy (non-hydrogen) atoms. The van der Waals surface area contributed by atoms with Gasteiger partial charge in [-0.3, -0.25) is 37.3 Å². The smallest absolute Gasteiger partial charge is 0.462 e. The van der Waals surface area contributed by atoms with Gasteiger partial charge in [0.1, 0.15) is 19.3 Å². The average Bonchev–Trinajstić information content (AvgIpc) is 0.943. The van der Waals surface area contributed by atoms with Crippen LogP contribution in [0.25, 0.3) is 0 Å². The highest BCUT2D eigenvalue weighted by atomic mass is 31.2.